The zero-order valence-electron chi connectivity index (χ0n) is 6.75. The molecule has 0 unspecified atom stereocenters. The maximum atomic E-state index is 8.60. The van der Waals surface area contributed by atoms with Gasteiger partial charge in [0.05, 0.1) is 12.8 Å². The highest BCUT2D eigenvalue weighted by molar-refractivity contribution is 5.60. The number of hydrogen-bond acceptors (Lipinski definition) is 6. The van der Waals surface area contributed by atoms with Gasteiger partial charge in [-0.05, 0) is 10.4 Å². The number of aromatic nitrogens is 5. The topological polar surface area (TPSA) is 88.2 Å². The number of tetrazole rings is 1. The van der Waals surface area contributed by atoms with Crippen LogP contribution in [-0.4, -0.2) is 43.3 Å². The van der Waals surface area contributed by atoms with Gasteiger partial charge in [-0.15, -0.1) is 5.10 Å². The normalized spacial score (nSPS) is 10.5. The lowest BCUT2D eigenvalue weighted by molar-refractivity contribution is 0.311. The van der Waals surface area contributed by atoms with E-state index in [1.807, 2.05) is 0 Å². The number of anilines is 1. The quantitative estimate of drug-likeness (QED) is 0.624. The monoisotopic (exact) mass is 180 g/mol. The van der Waals surface area contributed by atoms with Gasteiger partial charge in [0.1, 0.15) is 0 Å². The molecule has 0 aliphatic carbocycles. The van der Waals surface area contributed by atoms with Crippen molar-refractivity contribution >= 4 is 11.5 Å². The van der Waals surface area contributed by atoms with E-state index < -0.39 is 0 Å². The smallest absolute Gasteiger partial charge is 0.221 e. The molecular weight excluding hydrogens is 172 g/mol. The highest BCUT2D eigenvalue weighted by atomic mass is 16.3. The molecule has 0 bridgehead atoms. The van der Waals surface area contributed by atoms with Gasteiger partial charge in [0, 0.05) is 12.7 Å². The Hall–Kier alpha value is -1.76. The van der Waals surface area contributed by atoms with Crippen molar-refractivity contribution in [3.05, 3.63) is 12.4 Å². The molecular formula is C6H8N6O. The van der Waals surface area contributed by atoms with Gasteiger partial charge in [-0.2, -0.15) is 4.52 Å². The van der Waals surface area contributed by atoms with Gasteiger partial charge in [0.2, 0.25) is 5.65 Å². The lowest BCUT2D eigenvalue weighted by atomic mass is 10.5. The maximum Gasteiger partial charge on any atom is 0.221 e. The molecule has 0 spiro atoms. The second-order valence-electron chi connectivity index (χ2n) is 2.37. The number of aliphatic hydroxyl groups is 1. The van der Waals surface area contributed by atoms with Crippen LogP contribution in [0.3, 0.4) is 0 Å². The van der Waals surface area contributed by atoms with E-state index >= 15 is 0 Å². The Morgan fingerprint density at radius 2 is 2.46 bits per heavy atom. The lowest BCUT2D eigenvalue weighted by Crippen LogP contribution is -2.08. The van der Waals surface area contributed by atoms with Gasteiger partial charge in [0.25, 0.3) is 0 Å². The molecule has 68 valence electrons. The average Bonchev–Trinajstić information content (AvgIpc) is 2.62. The summed E-state index contributed by atoms with van der Waals surface area (Å²) >= 11 is 0. The van der Waals surface area contributed by atoms with Crippen molar-refractivity contribution in [1.82, 2.24) is 25.0 Å². The van der Waals surface area contributed by atoms with E-state index in [0.29, 0.717) is 18.0 Å². The molecule has 2 rings (SSSR count). The molecule has 0 aliphatic heterocycles. The molecule has 2 heterocycles. The zero-order chi connectivity index (χ0) is 9.10. The summed E-state index contributed by atoms with van der Waals surface area (Å²) in [6.45, 7) is 0.476. The minimum atomic E-state index is 0.0459. The van der Waals surface area contributed by atoms with Gasteiger partial charge in [-0.3, -0.25) is 0 Å². The first-order chi connectivity index (χ1) is 6.42. The van der Waals surface area contributed by atoms with Crippen LogP contribution in [0.4, 0.5) is 5.82 Å². The van der Waals surface area contributed by atoms with Crippen LogP contribution in [0, 0.1) is 0 Å². The van der Waals surface area contributed by atoms with E-state index in [9.17, 15) is 0 Å². The molecule has 7 heteroatoms. The first kappa shape index (κ1) is 7.87. The molecule has 13 heavy (non-hydrogen) atoms. The standard InChI is InChI=1S/C6H8N6O/c13-4-2-8-5-6-9-10-11-12(6)3-1-7-5/h1,3,13H,2,4H2,(H,7,8). The van der Waals surface area contributed by atoms with Gasteiger partial charge in [0.15, 0.2) is 5.82 Å². The van der Waals surface area contributed by atoms with Gasteiger partial charge in [-0.1, -0.05) is 0 Å². The van der Waals surface area contributed by atoms with E-state index in [-0.39, 0.29) is 6.61 Å². The molecule has 0 atom stereocenters. The van der Waals surface area contributed by atoms with E-state index in [4.69, 9.17) is 5.11 Å². The summed E-state index contributed by atoms with van der Waals surface area (Å²) in [5.74, 6) is 0.571. The summed E-state index contributed by atoms with van der Waals surface area (Å²) in [6.07, 6.45) is 3.24. The highest BCUT2D eigenvalue weighted by Crippen LogP contribution is 2.06. The molecule has 0 aliphatic rings. The Balaban J connectivity index is 2.37. The van der Waals surface area contributed by atoms with Crippen molar-refractivity contribution in [2.45, 2.75) is 0 Å². The second-order valence-corrected chi connectivity index (χ2v) is 2.37. The van der Waals surface area contributed by atoms with Crippen molar-refractivity contribution < 1.29 is 5.11 Å². The molecule has 0 radical (unpaired) electrons. The Kier molecular flexibility index (Phi) is 2.01. The number of hydrogen-bond donors (Lipinski definition) is 2. The Morgan fingerprint density at radius 3 is 3.31 bits per heavy atom. The summed E-state index contributed by atoms with van der Waals surface area (Å²) in [6, 6.07) is 0. The average molecular weight is 180 g/mol. The molecule has 0 amide bonds. The lowest BCUT2D eigenvalue weighted by Gasteiger charge is -2.01. The predicted octanol–water partition coefficient (Wildman–Crippen LogP) is -1.08. The third-order valence-electron chi connectivity index (χ3n) is 1.52. The fraction of sp³-hybridized carbons (Fsp3) is 0.333. The van der Waals surface area contributed by atoms with Crippen LogP contribution in [0.25, 0.3) is 5.65 Å². The number of rotatable bonds is 3. The number of aliphatic hydroxyl groups excluding tert-OH is 1. The van der Waals surface area contributed by atoms with E-state index in [1.54, 1.807) is 12.4 Å². The van der Waals surface area contributed by atoms with Crippen LogP contribution in [-0.2, 0) is 0 Å². The third kappa shape index (κ3) is 1.41. The molecule has 0 aromatic carbocycles. The van der Waals surface area contributed by atoms with Crippen LogP contribution in [0.1, 0.15) is 0 Å². The highest BCUT2D eigenvalue weighted by Gasteiger charge is 2.03. The third-order valence-corrected chi connectivity index (χ3v) is 1.52. The fourth-order valence-corrected chi connectivity index (χ4v) is 0.978. The Morgan fingerprint density at radius 1 is 1.54 bits per heavy atom. The molecule has 2 aromatic rings. The van der Waals surface area contributed by atoms with Crippen molar-refractivity contribution in [2.75, 3.05) is 18.5 Å². The summed E-state index contributed by atoms with van der Waals surface area (Å²) in [5, 5.41) is 22.5. The fourth-order valence-electron chi connectivity index (χ4n) is 0.978. The molecule has 0 fully saturated rings. The Bertz CT molecular complexity index is 399. The zero-order valence-corrected chi connectivity index (χ0v) is 6.75. The van der Waals surface area contributed by atoms with Gasteiger partial charge < -0.3 is 10.4 Å². The van der Waals surface area contributed by atoms with Gasteiger partial charge in [-0.25, -0.2) is 4.98 Å². The van der Waals surface area contributed by atoms with Crippen molar-refractivity contribution in [1.29, 1.82) is 0 Å². The summed E-state index contributed by atoms with van der Waals surface area (Å²) in [4.78, 5) is 4.03. The minimum Gasteiger partial charge on any atom is -0.395 e. The molecule has 2 N–H and O–H groups in total. The van der Waals surface area contributed by atoms with E-state index in [2.05, 4.69) is 25.8 Å². The SMILES string of the molecule is OCCNc1nccn2nnnc12. The summed E-state index contributed by atoms with van der Waals surface area (Å²) in [7, 11) is 0. The van der Waals surface area contributed by atoms with Crippen LogP contribution < -0.4 is 5.32 Å². The van der Waals surface area contributed by atoms with Crippen molar-refractivity contribution in [3.63, 3.8) is 0 Å². The van der Waals surface area contributed by atoms with Crippen LogP contribution in [0.15, 0.2) is 12.4 Å². The minimum absolute atomic E-state index is 0.0459. The predicted molar refractivity (Wildman–Crippen MR) is 44.2 cm³/mol. The second kappa shape index (κ2) is 3.31. The Labute approximate surface area is 73.4 Å². The number of nitrogens with zero attached hydrogens (tertiary/aromatic N) is 5. The molecule has 0 saturated carbocycles. The number of fused-ring (bicyclic) bond motifs is 1. The first-order valence-corrected chi connectivity index (χ1v) is 3.79. The number of nitrogens with one attached hydrogen (secondary N) is 1. The van der Waals surface area contributed by atoms with Gasteiger partial charge >= 0.3 is 0 Å². The van der Waals surface area contributed by atoms with Crippen LogP contribution in [0.2, 0.25) is 0 Å². The molecule has 7 nitrogen and oxygen atoms in total. The van der Waals surface area contributed by atoms with Crippen LogP contribution in [0.5, 0.6) is 0 Å². The molecule has 2 aromatic heterocycles. The summed E-state index contributed by atoms with van der Waals surface area (Å²) < 4.78 is 1.51. The van der Waals surface area contributed by atoms with Crippen LogP contribution >= 0.6 is 0 Å². The van der Waals surface area contributed by atoms with E-state index in [1.165, 1.54) is 4.52 Å². The van der Waals surface area contributed by atoms with Crippen molar-refractivity contribution in [3.8, 4) is 0 Å². The molecule has 0 saturated heterocycles. The largest absolute Gasteiger partial charge is 0.395 e. The first-order valence-electron chi connectivity index (χ1n) is 3.79. The van der Waals surface area contributed by atoms with E-state index in [0.717, 1.165) is 0 Å². The summed E-state index contributed by atoms with van der Waals surface area (Å²) in [5.41, 5.74) is 0.552. The van der Waals surface area contributed by atoms with Crippen molar-refractivity contribution in [2.24, 2.45) is 0 Å². The maximum absolute atomic E-state index is 8.60.